The fourth-order valence-electron chi connectivity index (χ4n) is 3.68. The summed E-state index contributed by atoms with van der Waals surface area (Å²) in [6.45, 7) is 1.98. The standard InChI is InChI=1S/C17H23NO2/c19-12-14-6-4-13(5-7-14)9-17(20)18-10-15-2-1-3-16(8-15)11-18/h4-7,15-16,19H,1-3,8-12H2. The molecule has 1 aromatic carbocycles. The summed E-state index contributed by atoms with van der Waals surface area (Å²) < 4.78 is 0. The quantitative estimate of drug-likeness (QED) is 0.918. The van der Waals surface area contributed by atoms with E-state index in [0.29, 0.717) is 6.42 Å². The molecule has 2 aliphatic rings. The number of hydrogen-bond acceptors (Lipinski definition) is 2. The molecule has 1 heterocycles. The lowest BCUT2D eigenvalue weighted by molar-refractivity contribution is -0.134. The highest BCUT2D eigenvalue weighted by Crippen LogP contribution is 2.34. The van der Waals surface area contributed by atoms with Crippen molar-refractivity contribution in [1.82, 2.24) is 4.90 Å². The molecule has 1 aromatic rings. The zero-order valence-corrected chi connectivity index (χ0v) is 11.9. The molecule has 3 nitrogen and oxygen atoms in total. The molecule has 108 valence electrons. The normalized spacial score (nSPS) is 25.6. The van der Waals surface area contributed by atoms with E-state index in [1.54, 1.807) is 0 Å². The number of fused-ring (bicyclic) bond motifs is 2. The van der Waals surface area contributed by atoms with E-state index in [2.05, 4.69) is 4.90 Å². The SMILES string of the molecule is O=C(Cc1ccc(CO)cc1)N1CC2CCCC(C2)C1. The molecule has 0 spiro atoms. The monoisotopic (exact) mass is 273 g/mol. The second kappa shape index (κ2) is 5.96. The Hall–Kier alpha value is -1.35. The summed E-state index contributed by atoms with van der Waals surface area (Å²) >= 11 is 0. The van der Waals surface area contributed by atoms with Crippen molar-refractivity contribution >= 4 is 5.91 Å². The Bertz CT molecular complexity index is 456. The van der Waals surface area contributed by atoms with Crippen LogP contribution >= 0.6 is 0 Å². The molecule has 20 heavy (non-hydrogen) atoms. The van der Waals surface area contributed by atoms with Gasteiger partial charge in [0.25, 0.3) is 0 Å². The summed E-state index contributed by atoms with van der Waals surface area (Å²) in [5.41, 5.74) is 1.94. The number of aliphatic hydroxyl groups is 1. The Labute approximate surface area is 120 Å². The number of amides is 1. The van der Waals surface area contributed by atoms with E-state index in [1.807, 2.05) is 24.3 Å². The van der Waals surface area contributed by atoms with Gasteiger partial charge in [-0.25, -0.2) is 0 Å². The number of hydrogen-bond donors (Lipinski definition) is 1. The van der Waals surface area contributed by atoms with Gasteiger partial charge in [0.05, 0.1) is 13.0 Å². The minimum Gasteiger partial charge on any atom is -0.392 e. The van der Waals surface area contributed by atoms with Crippen LogP contribution in [0.5, 0.6) is 0 Å². The molecule has 3 heteroatoms. The molecule has 1 aliphatic carbocycles. The topological polar surface area (TPSA) is 40.5 Å². The highest BCUT2D eigenvalue weighted by Gasteiger charge is 2.32. The Morgan fingerprint density at radius 1 is 1.10 bits per heavy atom. The summed E-state index contributed by atoms with van der Waals surface area (Å²) in [7, 11) is 0. The van der Waals surface area contributed by atoms with E-state index < -0.39 is 0 Å². The highest BCUT2D eigenvalue weighted by molar-refractivity contribution is 5.79. The van der Waals surface area contributed by atoms with E-state index in [1.165, 1.54) is 25.7 Å². The van der Waals surface area contributed by atoms with Gasteiger partial charge in [-0.2, -0.15) is 0 Å². The zero-order chi connectivity index (χ0) is 13.9. The number of nitrogens with zero attached hydrogens (tertiary/aromatic N) is 1. The van der Waals surface area contributed by atoms with E-state index in [4.69, 9.17) is 5.11 Å². The second-order valence-corrected chi connectivity index (χ2v) is 6.35. The van der Waals surface area contributed by atoms with Crippen molar-refractivity contribution in [2.75, 3.05) is 13.1 Å². The number of carbonyl (C=O) groups excluding carboxylic acids is 1. The molecule has 1 aliphatic heterocycles. The van der Waals surface area contributed by atoms with Crippen LogP contribution in [0.15, 0.2) is 24.3 Å². The Morgan fingerprint density at radius 3 is 2.30 bits per heavy atom. The fraction of sp³-hybridized carbons (Fsp3) is 0.588. The van der Waals surface area contributed by atoms with E-state index in [-0.39, 0.29) is 12.5 Å². The third-order valence-electron chi connectivity index (χ3n) is 4.76. The van der Waals surface area contributed by atoms with Gasteiger partial charge in [0.15, 0.2) is 0 Å². The fourth-order valence-corrected chi connectivity index (χ4v) is 3.68. The number of carbonyl (C=O) groups is 1. The van der Waals surface area contributed by atoms with Crippen LogP contribution in [0.1, 0.15) is 36.8 Å². The largest absolute Gasteiger partial charge is 0.392 e. The minimum atomic E-state index is 0.0592. The molecule has 2 bridgehead atoms. The molecular weight excluding hydrogens is 250 g/mol. The predicted octanol–water partition coefficient (Wildman–Crippen LogP) is 2.37. The van der Waals surface area contributed by atoms with Crippen molar-refractivity contribution in [2.45, 2.75) is 38.7 Å². The Kier molecular flexibility index (Phi) is 4.06. The van der Waals surface area contributed by atoms with Crippen molar-refractivity contribution in [3.8, 4) is 0 Å². The summed E-state index contributed by atoms with van der Waals surface area (Å²) in [4.78, 5) is 14.5. The van der Waals surface area contributed by atoms with E-state index in [9.17, 15) is 4.79 Å². The van der Waals surface area contributed by atoms with Crippen LogP contribution in [-0.2, 0) is 17.8 Å². The van der Waals surface area contributed by atoms with Gasteiger partial charge in [-0.1, -0.05) is 30.7 Å². The van der Waals surface area contributed by atoms with Crippen molar-refractivity contribution in [2.24, 2.45) is 11.8 Å². The summed E-state index contributed by atoms with van der Waals surface area (Å²) in [6, 6.07) is 7.70. The maximum atomic E-state index is 12.4. The van der Waals surface area contributed by atoms with Crippen molar-refractivity contribution < 1.29 is 9.90 Å². The number of likely N-dealkylation sites (tertiary alicyclic amines) is 1. The Morgan fingerprint density at radius 2 is 1.70 bits per heavy atom. The molecular formula is C17H23NO2. The van der Waals surface area contributed by atoms with Crippen molar-refractivity contribution in [3.63, 3.8) is 0 Å². The molecule has 1 saturated heterocycles. The molecule has 0 aromatic heterocycles. The van der Waals surface area contributed by atoms with Gasteiger partial charge in [0.2, 0.25) is 5.91 Å². The van der Waals surface area contributed by atoms with Crippen LogP contribution in [0.2, 0.25) is 0 Å². The van der Waals surface area contributed by atoms with Crippen LogP contribution in [-0.4, -0.2) is 29.0 Å². The van der Waals surface area contributed by atoms with E-state index in [0.717, 1.165) is 36.1 Å². The maximum Gasteiger partial charge on any atom is 0.227 e. The lowest BCUT2D eigenvalue weighted by Crippen LogP contribution is -2.46. The molecule has 1 N–H and O–H groups in total. The van der Waals surface area contributed by atoms with Crippen LogP contribution < -0.4 is 0 Å². The average Bonchev–Trinajstić information content (AvgIpc) is 2.47. The highest BCUT2D eigenvalue weighted by atomic mass is 16.3. The first kappa shape index (κ1) is 13.6. The first-order valence-electron chi connectivity index (χ1n) is 7.71. The van der Waals surface area contributed by atoms with Gasteiger partial charge in [-0.15, -0.1) is 0 Å². The van der Waals surface area contributed by atoms with Crippen molar-refractivity contribution in [1.29, 1.82) is 0 Å². The van der Waals surface area contributed by atoms with Crippen molar-refractivity contribution in [3.05, 3.63) is 35.4 Å². The molecule has 2 unspecified atom stereocenters. The van der Waals surface area contributed by atoms with Gasteiger partial charge in [-0.3, -0.25) is 4.79 Å². The smallest absolute Gasteiger partial charge is 0.227 e. The van der Waals surface area contributed by atoms with Gasteiger partial charge in [0.1, 0.15) is 0 Å². The molecule has 3 rings (SSSR count). The van der Waals surface area contributed by atoms with Crippen LogP contribution in [0.25, 0.3) is 0 Å². The third-order valence-corrected chi connectivity index (χ3v) is 4.76. The van der Waals surface area contributed by atoms with Gasteiger partial charge in [0, 0.05) is 13.1 Å². The summed E-state index contributed by atoms with van der Waals surface area (Å²) in [6.07, 6.45) is 5.76. The zero-order valence-electron chi connectivity index (χ0n) is 11.9. The maximum absolute atomic E-state index is 12.4. The van der Waals surface area contributed by atoms with Gasteiger partial charge in [-0.05, 0) is 42.2 Å². The molecule has 2 atom stereocenters. The number of aliphatic hydroxyl groups excluding tert-OH is 1. The lowest BCUT2D eigenvalue weighted by Gasteiger charge is -2.41. The lowest BCUT2D eigenvalue weighted by atomic mass is 9.78. The second-order valence-electron chi connectivity index (χ2n) is 6.35. The van der Waals surface area contributed by atoms with Gasteiger partial charge < -0.3 is 10.0 Å². The van der Waals surface area contributed by atoms with Crippen LogP contribution in [0.4, 0.5) is 0 Å². The number of piperidine rings is 1. The average molecular weight is 273 g/mol. The summed E-state index contributed by atoms with van der Waals surface area (Å²) in [5, 5.41) is 9.03. The molecule has 2 fully saturated rings. The first-order chi connectivity index (χ1) is 9.74. The predicted molar refractivity (Wildman–Crippen MR) is 78.1 cm³/mol. The van der Waals surface area contributed by atoms with Crippen LogP contribution in [0, 0.1) is 11.8 Å². The molecule has 1 amide bonds. The minimum absolute atomic E-state index is 0.0592. The Balaban J connectivity index is 1.60. The molecule has 1 saturated carbocycles. The number of rotatable bonds is 3. The van der Waals surface area contributed by atoms with E-state index >= 15 is 0 Å². The number of benzene rings is 1. The van der Waals surface area contributed by atoms with Crippen LogP contribution in [0.3, 0.4) is 0 Å². The first-order valence-corrected chi connectivity index (χ1v) is 7.71. The third kappa shape index (κ3) is 3.04. The summed E-state index contributed by atoms with van der Waals surface area (Å²) in [5.74, 6) is 1.74. The molecule has 0 radical (unpaired) electrons. The van der Waals surface area contributed by atoms with Gasteiger partial charge >= 0.3 is 0 Å².